The lowest BCUT2D eigenvalue weighted by molar-refractivity contribution is -0.121. The third kappa shape index (κ3) is 5.16. The van der Waals surface area contributed by atoms with Gasteiger partial charge < -0.3 is 20.5 Å². The molecular formula is C28H37FN8O2S. The maximum Gasteiger partial charge on any atom is 0.255 e. The van der Waals surface area contributed by atoms with Crippen molar-refractivity contribution < 1.29 is 16.8 Å². The number of thiazole rings is 1. The monoisotopic (exact) mass is 568 g/mol. The fourth-order valence-electron chi connectivity index (χ4n) is 5.65. The highest BCUT2D eigenvalue weighted by atomic mass is 32.1. The van der Waals surface area contributed by atoms with Gasteiger partial charge in [0.1, 0.15) is 5.82 Å². The molecule has 1 atom stereocenters. The van der Waals surface area contributed by atoms with E-state index in [9.17, 15) is 9.59 Å². The van der Waals surface area contributed by atoms with E-state index in [1.54, 1.807) is 36.4 Å². The Hall–Kier alpha value is -3.90. The first-order valence-corrected chi connectivity index (χ1v) is 14.0. The number of anilines is 1. The molecule has 214 valence electrons. The minimum atomic E-state index is -1.03. The number of nitrogens with two attached hydrogens (primary N) is 1. The molecular weight excluding hydrogens is 531 g/mol. The summed E-state index contributed by atoms with van der Waals surface area (Å²) in [4.78, 5) is 41.8. The molecule has 40 heavy (non-hydrogen) atoms. The van der Waals surface area contributed by atoms with Gasteiger partial charge in [0.15, 0.2) is 11.2 Å². The summed E-state index contributed by atoms with van der Waals surface area (Å²) in [6.07, 6.45) is 10.1. The molecule has 12 heteroatoms. The average Bonchev–Trinajstić information content (AvgIpc) is 3.74. The number of amides is 2. The van der Waals surface area contributed by atoms with Crippen LogP contribution in [0.4, 0.5) is 15.2 Å². The lowest BCUT2D eigenvalue weighted by Gasteiger charge is -2.26. The molecule has 3 aliphatic rings. The molecule has 5 heterocycles. The lowest BCUT2D eigenvalue weighted by atomic mass is 9.91. The van der Waals surface area contributed by atoms with Crippen molar-refractivity contribution in [2.45, 2.75) is 52.2 Å². The summed E-state index contributed by atoms with van der Waals surface area (Å²) in [7, 11) is 0. The van der Waals surface area contributed by atoms with E-state index in [4.69, 9.17) is 5.73 Å². The zero-order valence-corrected chi connectivity index (χ0v) is 22.1. The van der Waals surface area contributed by atoms with Crippen molar-refractivity contribution in [1.29, 1.82) is 0 Å². The quantitative estimate of drug-likeness (QED) is 0.362. The minimum Gasteiger partial charge on any atom is -0.404 e. The van der Waals surface area contributed by atoms with Crippen LogP contribution in [0.2, 0.25) is 0 Å². The summed E-state index contributed by atoms with van der Waals surface area (Å²) in [5.74, 6) is -1.12. The van der Waals surface area contributed by atoms with E-state index in [2.05, 4.69) is 25.6 Å². The number of carbonyl (C=O) groups excluding carboxylic acids is 2. The average molecular weight is 569 g/mol. The van der Waals surface area contributed by atoms with Crippen LogP contribution in [-0.2, 0) is 24.3 Å². The molecule has 1 aromatic carbocycles. The van der Waals surface area contributed by atoms with E-state index < -0.39 is 23.7 Å². The molecule has 0 radical (unpaired) electrons. The van der Waals surface area contributed by atoms with Gasteiger partial charge in [-0.2, -0.15) is 0 Å². The van der Waals surface area contributed by atoms with E-state index in [0.29, 0.717) is 16.5 Å². The van der Waals surface area contributed by atoms with Gasteiger partial charge in [-0.15, -0.1) is 11.3 Å². The molecule has 1 unspecified atom stereocenters. The van der Waals surface area contributed by atoms with Crippen LogP contribution in [0, 0.1) is 11.7 Å². The van der Waals surface area contributed by atoms with Crippen LogP contribution in [0.5, 0.6) is 0 Å². The first-order chi connectivity index (χ1) is 19.0. The van der Waals surface area contributed by atoms with Crippen LogP contribution in [0.25, 0.3) is 0 Å². The van der Waals surface area contributed by atoms with Crippen LogP contribution < -0.4 is 16.4 Å². The second-order valence-electron chi connectivity index (χ2n) is 9.94. The molecule has 2 aromatic heterocycles. The smallest absolute Gasteiger partial charge is 0.255 e. The van der Waals surface area contributed by atoms with Gasteiger partial charge in [0.25, 0.3) is 11.8 Å². The van der Waals surface area contributed by atoms with E-state index in [0.717, 1.165) is 56.6 Å². The zero-order chi connectivity index (χ0) is 26.9. The first-order valence-electron chi connectivity index (χ1n) is 13.1. The van der Waals surface area contributed by atoms with Crippen molar-refractivity contribution in [2.24, 2.45) is 16.6 Å². The Labute approximate surface area is 239 Å². The highest BCUT2D eigenvalue weighted by Gasteiger charge is 2.42. The molecule has 3 aromatic rings. The number of imidazole rings is 1. The number of aromatic nitrogens is 3. The van der Waals surface area contributed by atoms with E-state index in [1.165, 1.54) is 22.3 Å². The Balaban J connectivity index is 0.00000161. The molecule has 3 aliphatic heterocycles. The number of carbonyl (C=O) groups is 2. The molecule has 6 rings (SSSR count). The molecule has 2 amide bonds. The van der Waals surface area contributed by atoms with Crippen molar-refractivity contribution in [3.63, 3.8) is 0 Å². The number of rotatable bonds is 7. The van der Waals surface area contributed by atoms with E-state index in [-0.39, 0.29) is 33.9 Å². The minimum absolute atomic E-state index is 0. The second kappa shape index (κ2) is 11.7. The molecule has 4 N–H and O–H groups in total. The number of benzene rings is 1. The standard InChI is InChI=1S/C27H29FN8O2S.CH4.2H2/c28-21-11-18(32-13-17(12-29)16-3-5-30-6-4-16)10-19-20(21)14-36(26(19)38)24(25(37)34-27-31-7-9-39-27)23-22-2-1-8-35(22)15-33-23;;;/h7,9-13,15-16,24,30H,1-6,8,14,29H2,(H,31,34,37);1H4;2*1H/b17-12+,32-13?;;;. The Morgan fingerprint density at radius 1 is 1.32 bits per heavy atom. The van der Waals surface area contributed by atoms with Crippen LogP contribution in [-0.4, -0.2) is 50.6 Å². The predicted octanol–water partition coefficient (Wildman–Crippen LogP) is 4.43. The molecule has 1 fully saturated rings. The van der Waals surface area contributed by atoms with E-state index >= 15 is 4.39 Å². The van der Waals surface area contributed by atoms with Gasteiger partial charge in [-0.05, 0) is 68.6 Å². The van der Waals surface area contributed by atoms with Crippen molar-refractivity contribution >= 4 is 40.2 Å². The van der Waals surface area contributed by atoms with Crippen molar-refractivity contribution in [3.8, 4) is 0 Å². The lowest BCUT2D eigenvalue weighted by Crippen LogP contribution is -2.38. The molecule has 0 saturated carbocycles. The zero-order valence-electron chi connectivity index (χ0n) is 21.3. The number of nitrogens with zero attached hydrogens (tertiary/aromatic N) is 5. The summed E-state index contributed by atoms with van der Waals surface area (Å²) < 4.78 is 17.4. The number of fused-ring (bicyclic) bond motifs is 2. The van der Waals surface area contributed by atoms with Crippen LogP contribution in [0.15, 0.2) is 46.8 Å². The molecule has 0 aliphatic carbocycles. The topological polar surface area (TPSA) is 131 Å². The van der Waals surface area contributed by atoms with Gasteiger partial charge in [-0.25, -0.2) is 14.4 Å². The SMILES string of the molecule is C.N/C=C(\C=Nc1cc(F)c2c(c1)C(=O)N(C(C(=O)Nc1nccs1)c1ncn3c1CCC3)C2)C1CCNCC1.[HH].[HH]. The van der Waals surface area contributed by atoms with Gasteiger partial charge in [0.05, 0.1) is 24.3 Å². The maximum atomic E-state index is 15.4. The third-order valence-corrected chi connectivity index (χ3v) is 8.33. The fourth-order valence-corrected chi connectivity index (χ4v) is 6.18. The summed E-state index contributed by atoms with van der Waals surface area (Å²) in [5, 5.41) is 8.31. The fraction of sp³-hybridized carbons (Fsp3) is 0.393. The molecule has 10 nitrogen and oxygen atoms in total. The maximum absolute atomic E-state index is 15.4. The number of hydrogen-bond donors (Lipinski definition) is 3. The van der Waals surface area contributed by atoms with Gasteiger partial charge in [0, 0.05) is 44.0 Å². The van der Waals surface area contributed by atoms with Crippen molar-refractivity contribution in [3.05, 3.63) is 70.1 Å². The number of allylic oxidation sites excluding steroid dienone is 1. The Morgan fingerprint density at radius 3 is 2.90 bits per heavy atom. The molecule has 1 saturated heterocycles. The molecule has 0 bridgehead atoms. The Kier molecular flexibility index (Phi) is 8.08. The van der Waals surface area contributed by atoms with Gasteiger partial charge in [-0.1, -0.05) is 7.43 Å². The number of aliphatic imine (C=N–C) groups is 1. The number of hydrogen-bond acceptors (Lipinski definition) is 8. The van der Waals surface area contributed by atoms with Crippen LogP contribution >= 0.6 is 11.3 Å². The third-order valence-electron chi connectivity index (χ3n) is 7.64. The van der Waals surface area contributed by atoms with E-state index in [1.807, 2.05) is 4.57 Å². The number of halogens is 1. The number of piperidine rings is 1. The summed E-state index contributed by atoms with van der Waals surface area (Å²) in [5.41, 5.74) is 8.95. The van der Waals surface area contributed by atoms with Crippen LogP contribution in [0.3, 0.4) is 0 Å². The second-order valence-corrected chi connectivity index (χ2v) is 10.8. The first kappa shape index (κ1) is 27.7. The molecule has 0 spiro atoms. The number of nitrogens with one attached hydrogen (secondary N) is 2. The van der Waals surface area contributed by atoms with Crippen molar-refractivity contribution in [2.75, 3.05) is 18.4 Å². The van der Waals surface area contributed by atoms with Crippen molar-refractivity contribution in [1.82, 2.24) is 24.8 Å². The highest BCUT2D eigenvalue weighted by molar-refractivity contribution is 7.13. The highest BCUT2D eigenvalue weighted by Crippen LogP contribution is 2.37. The van der Waals surface area contributed by atoms with Gasteiger partial charge in [-0.3, -0.25) is 19.9 Å². The number of aryl methyl sites for hydroxylation is 1. The normalized spacial score (nSPS) is 18.1. The van der Waals surface area contributed by atoms with Gasteiger partial charge >= 0.3 is 0 Å². The Morgan fingerprint density at radius 2 is 2.15 bits per heavy atom. The Bertz CT molecular complexity index is 1470. The largest absolute Gasteiger partial charge is 0.404 e. The predicted molar refractivity (Wildman–Crippen MR) is 157 cm³/mol. The summed E-state index contributed by atoms with van der Waals surface area (Å²) in [6, 6.07) is 1.88. The van der Waals surface area contributed by atoms with Gasteiger partial charge in [0.2, 0.25) is 0 Å². The summed E-state index contributed by atoms with van der Waals surface area (Å²) >= 11 is 1.28. The van der Waals surface area contributed by atoms with Crippen LogP contribution in [0.1, 0.15) is 62.9 Å². The summed E-state index contributed by atoms with van der Waals surface area (Å²) in [6.45, 7) is 2.58.